The Morgan fingerprint density at radius 3 is 1.92 bits per heavy atom. The van der Waals surface area contributed by atoms with Crippen molar-refractivity contribution in [3.8, 4) is 0 Å². The number of hydrogen-bond donors (Lipinski definition) is 0. The van der Waals surface area contributed by atoms with E-state index in [0.29, 0.717) is 5.33 Å². The second-order valence-electron chi connectivity index (χ2n) is 4.32. The third-order valence-electron chi connectivity index (χ3n) is 2.82. The van der Waals surface area contributed by atoms with E-state index in [0.717, 1.165) is 24.9 Å². The maximum absolute atomic E-state index is 11.5. The fourth-order valence-corrected chi connectivity index (χ4v) is 1.94. The molecule has 0 unspecified atom stereocenters. The first-order valence-corrected chi connectivity index (χ1v) is 6.25. The smallest absolute Gasteiger partial charge is 0.233 e. The lowest BCUT2D eigenvalue weighted by Crippen LogP contribution is -2.35. The summed E-state index contributed by atoms with van der Waals surface area (Å²) in [7, 11) is 0. The highest BCUT2D eigenvalue weighted by Crippen LogP contribution is 2.33. The molecule has 0 aromatic heterocycles. The van der Waals surface area contributed by atoms with Crippen LogP contribution in [0.4, 0.5) is 0 Å². The van der Waals surface area contributed by atoms with Crippen LogP contribution in [0.15, 0.2) is 0 Å². The van der Waals surface area contributed by atoms with Crippen molar-refractivity contribution >= 4 is 21.8 Å². The number of nitrogens with zero attached hydrogens (tertiary/aromatic N) is 1. The molecule has 0 aromatic rings. The zero-order valence-corrected chi connectivity index (χ0v) is 9.42. The Morgan fingerprint density at radius 1 is 1.15 bits per heavy atom. The van der Waals surface area contributed by atoms with Gasteiger partial charge in [-0.05, 0) is 37.5 Å². The molecule has 2 nitrogen and oxygen atoms in total. The molecule has 0 atom stereocenters. The van der Waals surface area contributed by atoms with Crippen molar-refractivity contribution in [1.29, 1.82) is 0 Å². The number of carbonyl (C=O) groups excluding carboxylic acids is 1. The minimum absolute atomic E-state index is 0.277. The van der Waals surface area contributed by atoms with Gasteiger partial charge in [0.2, 0.25) is 5.91 Å². The van der Waals surface area contributed by atoms with E-state index in [1.165, 1.54) is 25.7 Å². The highest BCUT2D eigenvalue weighted by molar-refractivity contribution is 9.09. The van der Waals surface area contributed by atoms with E-state index in [1.807, 2.05) is 0 Å². The predicted octanol–water partition coefficient (Wildman–Crippen LogP) is 2.03. The zero-order chi connectivity index (χ0) is 9.26. The third-order valence-corrected chi connectivity index (χ3v) is 3.30. The summed E-state index contributed by atoms with van der Waals surface area (Å²) in [6.07, 6.45) is 5.32. The van der Waals surface area contributed by atoms with Gasteiger partial charge in [0.25, 0.3) is 0 Å². The van der Waals surface area contributed by atoms with Crippen LogP contribution >= 0.6 is 15.9 Å². The van der Waals surface area contributed by atoms with Gasteiger partial charge in [0.05, 0.1) is 5.33 Å². The minimum Gasteiger partial charge on any atom is -0.341 e. The molecule has 2 saturated carbocycles. The van der Waals surface area contributed by atoms with Gasteiger partial charge in [0, 0.05) is 13.1 Å². The maximum Gasteiger partial charge on any atom is 0.233 e. The normalized spacial score (nSPS) is 21.6. The molecule has 0 bridgehead atoms. The maximum atomic E-state index is 11.5. The molecular weight excluding hydrogens is 230 g/mol. The van der Waals surface area contributed by atoms with Crippen molar-refractivity contribution < 1.29 is 4.79 Å². The third kappa shape index (κ3) is 2.97. The fourth-order valence-electron chi connectivity index (χ4n) is 1.59. The van der Waals surface area contributed by atoms with Crippen LogP contribution in [0.1, 0.15) is 25.7 Å². The number of halogens is 1. The van der Waals surface area contributed by atoms with Crippen molar-refractivity contribution in [1.82, 2.24) is 4.90 Å². The second kappa shape index (κ2) is 3.99. The molecule has 74 valence electrons. The summed E-state index contributed by atoms with van der Waals surface area (Å²) in [6.45, 7) is 2.03. The van der Waals surface area contributed by atoms with Crippen LogP contribution in [0.2, 0.25) is 0 Å². The molecule has 2 rings (SSSR count). The Hall–Kier alpha value is -0.0500. The summed E-state index contributed by atoms with van der Waals surface area (Å²) in [5.74, 6) is 1.92. The number of amides is 1. The Morgan fingerprint density at radius 2 is 1.62 bits per heavy atom. The zero-order valence-electron chi connectivity index (χ0n) is 7.84. The first-order valence-electron chi connectivity index (χ1n) is 5.13. The minimum atomic E-state index is 0.277. The SMILES string of the molecule is O=C(CBr)N(CC1CC1)CC1CC1. The molecule has 2 aliphatic carbocycles. The lowest BCUT2D eigenvalue weighted by Gasteiger charge is -2.21. The van der Waals surface area contributed by atoms with Crippen LogP contribution in [-0.4, -0.2) is 29.2 Å². The topological polar surface area (TPSA) is 20.3 Å². The summed E-state index contributed by atoms with van der Waals surface area (Å²) in [5.41, 5.74) is 0. The van der Waals surface area contributed by atoms with E-state index in [4.69, 9.17) is 0 Å². The van der Waals surface area contributed by atoms with Crippen molar-refractivity contribution in [2.24, 2.45) is 11.8 Å². The highest BCUT2D eigenvalue weighted by Gasteiger charge is 2.30. The average Bonchev–Trinajstić information content (AvgIpc) is 2.94. The molecule has 3 heteroatoms. The summed E-state index contributed by atoms with van der Waals surface area (Å²) in [5, 5.41) is 0.492. The number of carbonyl (C=O) groups is 1. The van der Waals surface area contributed by atoms with Gasteiger partial charge in [0.15, 0.2) is 0 Å². The van der Waals surface area contributed by atoms with Crippen LogP contribution in [0, 0.1) is 11.8 Å². The molecule has 1 amide bonds. The van der Waals surface area contributed by atoms with Gasteiger partial charge in [-0.1, -0.05) is 15.9 Å². The standard InChI is InChI=1S/C10H16BrNO/c11-5-10(13)12(6-8-1-2-8)7-9-3-4-9/h8-9H,1-7H2. The van der Waals surface area contributed by atoms with Crippen LogP contribution in [0.3, 0.4) is 0 Å². The van der Waals surface area contributed by atoms with E-state index >= 15 is 0 Å². The summed E-state index contributed by atoms with van der Waals surface area (Å²) in [6, 6.07) is 0. The predicted molar refractivity (Wildman–Crippen MR) is 55.8 cm³/mol. The monoisotopic (exact) mass is 245 g/mol. The van der Waals surface area contributed by atoms with Gasteiger partial charge in [0.1, 0.15) is 0 Å². The fraction of sp³-hybridized carbons (Fsp3) is 0.900. The average molecular weight is 246 g/mol. The Balaban J connectivity index is 1.80. The molecular formula is C10H16BrNO. The van der Waals surface area contributed by atoms with Crippen molar-refractivity contribution in [3.05, 3.63) is 0 Å². The molecule has 0 heterocycles. The number of hydrogen-bond acceptors (Lipinski definition) is 1. The van der Waals surface area contributed by atoms with Gasteiger partial charge >= 0.3 is 0 Å². The highest BCUT2D eigenvalue weighted by atomic mass is 79.9. The van der Waals surface area contributed by atoms with E-state index < -0.39 is 0 Å². The molecule has 2 fully saturated rings. The molecule has 0 N–H and O–H groups in total. The van der Waals surface area contributed by atoms with Crippen LogP contribution in [0.5, 0.6) is 0 Å². The Kier molecular flexibility index (Phi) is 2.92. The van der Waals surface area contributed by atoms with Crippen LogP contribution in [-0.2, 0) is 4.79 Å². The van der Waals surface area contributed by atoms with Gasteiger partial charge in [-0.15, -0.1) is 0 Å². The first kappa shape index (κ1) is 9.50. The van der Waals surface area contributed by atoms with Crippen LogP contribution < -0.4 is 0 Å². The molecule has 0 spiro atoms. The van der Waals surface area contributed by atoms with Crippen LogP contribution in [0.25, 0.3) is 0 Å². The van der Waals surface area contributed by atoms with E-state index in [1.54, 1.807) is 0 Å². The van der Waals surface area contributed by atoms with Gasteiger partial charge in [-0.25, -0.2) is 0 Å². The molecule has 0 aromatic carbocycles. The van der Waals surface area contributed by atoms with E-state index in [9.17, 15) is 4.79 Å². The molecule has 0 radical (unpaired) electrons. The summed E-state index contributed by atoms with van der Waals surface area (Å²) in [4.78, 5) is 13.6. The van der Waals surface area contributed by atoms with E-state index in [2.05, 4.69) is 20.8 Å². The molecule has 13 heavy (non-hydrogen) atoms. The van der Waals surface area contributed by atoms with Gasteiger partial charge in [-0.2, -0.15) is 0 Å². The second-order valence-corrected chi connectivity index (χ2v) is 4.88. The molecule has 2 aliphatic rings. The Bertz CT molecular complexity index is 185. The van der Waals surface area contributed by atoms with Gasteiger partial charge in [-0.3, -0.25) is 4.79 Å². The summed E-state index contributed by atoms with van der Waals surface area (Å²) >= 11 is 3.24. The number of alkyl halides is 1. The summed E-state index contributed by atoms with van der Waals surface area (Å²) < 4.78 is 0. The quantitative estimate of drug-likeness (QED) is 0.680. The number of rotatable bonds is 5. The Labute approximate surface area is 87.8 Å². The first-order chi connectivity index (χ1) is 6.29. The largest absolute Gasteiger partial charge is 0.341 e. The van der Waals surface area contributed by atoms with Gasteiger partial charge < -0.3 is 4.90 Å². The van der Waals surface area contributed by atoms with E-state index in [-0.39, 0.29) is 5.91 Å². The molecule has 0 saturated heterocycles. The van der Waals surface area contributed by atoms with Crippen molar-refractivity contribution in [3.63, 3.8) is 0 Å². The lowest BCUT2D eigenvalue weighted by molar-refractivity contribution is -0.128. The molecule has 0 aliphatic heterocycles. The van der Waals surface area contributed by atoms with Crippen molar-refractivity contribution in [2.45, 2.75) is 25.7 Å². The lowest BCUT2D eigenvalue weighted by atomic mass is 10.3. The van der Waals surface area contributed by atoms with Crippen molar-refractivity contribution in [2.75, 3.05) is 18.4 Å².